The molecule has 1 amide bonds. The molecule has 0 aromatic carbocycles. The number of aliphatic hydroxyl groups excluding tert-OH is 1. The van der Waals surface area contributed by atoms with Crippen LogP contribution in [0.25, 0.3) is 0 Å². The Morgan fingerprint density at radius 1 is 1.70 bits per heavy atom. The van der Waals surface area contributed by atoms with Gasteiger partial charge in [0.05, 0.1) is 0 Å². The van der Waals surface area contributed by atoms with Crippen molar-refractivity contribution in [3.05, 3.63) is 11.6 Å². The summed E-state index contributed by atoms with van der Waals surface area (Å²) in [4.78, 5) is 10.6. The summed E-state index contributed by atoms with van der Waals surface area (Å²) in [5, 5.41) is 10.9. The van der Waals surface area contributed by atoms with E-state index in [-0.39, 0.29) is 12.5 Å². The van der Waals surface area contributed by atoms with Gasteiger partial charge in [-0.3, -0.25) is 4.79 Å². The van der Waals surface area contributed by atoms with Gasteiger partial charge in [0.25, 0.3) is 0 Å². The molecule has 0 saturated heterocycles. The van der Waals surface area contributed by atoms with Crippen molar-refractivity contribution in [2.75, 3.05) is 13.7 Å². The summed E-state index contributed by atoms with van der Waals surface area (Å²) in [7, 11) is 1.57. The number of rotatable bonds is 3. The Morgan fingerprint density at radius 3 is 2.70 bits per heavy atom. The molecule has 0 heterocycles. The Hall–Kier alpha value is -0.830. The largest absolute Gasteiger partial charge is 0.396 e. The average molecular weight is 143 g/mol. The Morgan fingerprint density at radius 2 is 2.30 bits per heavy atom. The van der Waals surface area contributed by atoms with Crippen molar-refractivity contribution in [2.24, 2.45) is 0 Å². The van der Waals surface area contributed by atoms with Crippen LogP contribution in [0, 0.1) is 0 Å². The van der Waals surface area contributed by atoms with Gasteiger partial charge in [-0.1, -0.05) is 5.57 Å². The number of hydrogen-bond donors (Lipinski definition) is 2. The molecule has 0 bridgehead atoms. The molecule has 0 fully saturated rings. The van der Waals surface area contributed by atoms with Gasteiger partial charge in [-0.15, -0.1) is 0 Å². The van der Waals surface area contributed by atoms with E-state index in [1.165, 1.54) is 6.08 Å². The molecule has 0 saturated carbocycles. The van der Waals surface area contributed by atoms with Gasteiger partial charge in [-0.25, -0.2) is 0 Å². The van der Waals surface area contributed by atoms with E-state index in [9.17, 15) is 4.79 Å². The number of aliphatic hydroxyl groups is 1. The van der Waals surface area contributed by atoms with E-state index in [2.05, 4.69) is 5.32 Å². The first-order chi connectivity index (χ1) is 4.70. The fraction of sp³-hybridized carbons (Fsp3) is 0.571. The van der Waals surface area contributed by atoms with Gasteiger partial charge < -0.3 is 10.4 Å². The number of carbonyl (C=O) groups excluding carboxylic acids is 1. The Bertz CT molecular complexity index is 141. The minimum Gasteiger partial charge on any atom is -0.396 e. The normalized spacial score (nSPS) is 11.3. The van der Waals surface area contributed by atoms with Gasteiger partial charge in [0.2, 0.25) is 5.91 Å². The average Bonchev–Trinajstić information content (AvgIpc) is 1.88. The summed E-state index contributed by atoms with van der Waals surface area (Å²) in [6, 6.07) is 0. The summed E-state index contributed by atoms with van der Waals surface area (Å²) in [6.07, 6.45) is 2.05. The van der Waals surface area contributed by atoms with E-state index >= 15 is 0 Å². The third-order valence-corrected chi connectivity index (χ3v) is 1.13. The van der Waals surface area contributed by atoms with Gasteiger partial charge in [0, 0.05) is 19.7 Å². The maximum atomic E-state index is 10.6. The minimum atomic E-state index is -0.119. The molecule has 0 aliphatic carbocycles. The minimum absolute atomic E-state index is 0.0966. The van der Waals surface area contributed by atoms with E-state index in [1.807, 2.05) is 6.92 Å². The highest BCUT2D eigenvalue weighted by Crippen LogP contribution is 1.96. The number of likely N-dealkylation sites (N-methyl/N-ethyl adjacent to an activating group) is 1. The molecule has 0 unspecified atom stereocenters. The van der Waals surface area contributed by atoms with Crippen molar-refractivity contribution in [2.45, 2.75) is 13.3 Å². The zero-order chi connectivity index (χ0) is 7.98. The predicted molar refractivity (Wildman–Crippen MR) is 39.5 cm³/mol. The van der Waals surface area contributed by atoms with Crippen LogP contribution in [0.4, 0.5) is 0 Å². The summed E-state index contributed by atoms with van der Waals surface area (Å²) < 4.78 is 0. The second-order valence-corrected chi connectivity index (χ2v) is 2.08. The number of carbonyl (C=O) groups is 1. The maximum Gasteiger partial charge on any atom is 0.243 e. The second kappa shape index (κ2) is 4.99. The molecule has 0 radical (unpaired) electrons. The Kier molecular flexibility index (Phi) is 4.58. The standard InChI is InChI=1S/C7H13NO2/c1-6(3-4-9)5-7(10)8-2/h5,9H,3-4H2,1-2H3,(H,8,10)/b6-5+. The molecule has 0 spiro atoms. The topological polar surface area (TPSA) is 49.3 Å². The van der Waals surface area contributed by atoms with Crippen molar-refractivity contribution in [1.82, 2.24) is 5.32 Å². The zero-order valence-electron chi connectivity index (χ0n) is 6.35. The molecule has 0 aromatic rings. The van der Waals surface area contributed by atoms with Crippen LogP contribution in [0.1, 0.15) is 13.3 Å². The summed E-state index contributed by atoms with van der Waals surface area (Å²) in [6.45, 7) is 1.91. The van der Waals surface area contributed by atoms with Crippen molar-refractivity contribution >= 4 is 5.91 Å². The van der Waals surface area contributed by atoms with Gasteiger partial charge in [-0.2, -0.15) is 0 Å². The van der Waals surface area contributed by atoms with E-state index in [0.717, 1.165) is 5.57 Å². The first kappa shape index (κ1) is 9.17. The first-order valence-electron chi connectivity index (χ1n) is 3.20. The quantitative estimate of drug-likeness (QED) is 0.549. The lowest BCUT2D eigenvalue weighted by molar-refractivity contribution is -0.116. The molecule has 3 heteroatoms. The van der Waals surface area contributed by atoms with Crippen LogP contribution in [0.15, 0.2) is 11.6 Å². The lowest BCUT2D eigenvalue weighted by Gasteiger charge is -1.95. The molecule has 0 aliphatic heterocycles. The van der Waals surface area contributed by atoms with Crippen molar-refractivity contribution < 1.29 is 9.90 Å². The molecular weight excluding hydrogens is 130 g/mol. The number of nitrogens with one attached hydrogen (secondary N) is 1. The van der Waals surface area contributed by atoms with Crippen molar-refractivity contribution in [3.63, 3.8) is 0 Å². The smallest absolute Gasteiger partial charge is 0.243 e. The van der Waals surface area contributed by atoms with Gasteiger partial charge >= 0.3 is 0 Å². The molecule has 58 valence electrons. The third-order valence-electron chi connectivity index (χ3n) is 1.13. The molecule has 10 heavy (non-hydrogen) atoms. The van der Waals surface area contributed by atoms with E-state index in [1.54, 1.807) is 7.05 Å². The van der Waals surface area contributed by atoms with Gasteiger partial charge in [0.1, 0.15) is 0 Å². The molecule has 0 atom stereocenters. The van der Waals surface area contributed by atoms with Gasteiger partial charge in [-0.05, 0) is 13.3 Å². The molecule has 0 aliphatic rings. The SMILES string of the molecule is CNC(=O)/C=C(\C)CCO. The van der Waals surface area contributed by atoms with Gasteiger partial charge in [0.15, 0.2) is 0 Å². The second-order valence-electron chi connectivity index (χ2n) is 2.08. The van der Waals surface area contributed by atoms with Crippen LogP contribution in [0.2, 0.25) is 0 Å². The van der Waals surface area contributed by atoms with Crippen LogP contribution in [-0.4, -0.2) is 24.7 Å². The lowest BCUT2D eigenvalue weighted by Crippen LogP contribution is -2.14. The highest BCUT2D eigenvalue weighted by atomic mass is 16.3. The number of hydrogen-bond acceptors (Lipinski definition) is 2. The number of amides is 1. The van der Waals surface area contributed by atoms with Crippen LogP contribution >= 0.6 is 0 Å². The van der Waals surface area contributed by atoms with E-state index in [4.69, 9.17) is 5.11 Å². The fourth-order valence-corrected chi connectivity index (χ4v) is 0.544. The first-order valence-corrected chi connectivity index (χ1v) is 3.20. The van der Waals surface area contributed by atoms with Crippen LogP contribution in [0.5, 0.6) is 0 Å². The van der Waals surface area contributed by atoms with Crippen LogP contribution < -0.4 is 5.32 Å². The Labute approximate surface area is 60.7 Å². The Balaban J connectivity index is 3.77. The van der Waals surface area contributed by atoms with Crippen molar-refractivity contribution in [3.8, 4) is 0 Å². The highest BCUT2D eigenvalue weighted by Gasteiger charge is 1.92. The molecule has 0 rings (SSSR count). The summed E-state index contributed by atoms with van der Waals surface area (Å²) in [5.41, 5.74) is 0.891. The predicted octanol–water partition coefficient (Wildman–Crippen LogP) is 0.0611. The molecule has 2 N–H and O–H groups in total. The van der Waals surface area contributed by atoms with Crippen LogP contribution in [-0.2, 0) is 4.79 Å². The zero-order valence-corrected chi connectivity index (χ0v) is 6.35. The third kappa shape index (κ3) is 4.09. The lowest BCUT2D eigenvalue weighted by atomic mass is 10.2. The van der Waals surface area contributed by atoms with Crippen molar-refractivity contribution in [1.29, 1.82) is 0 Å². The summed E-state index contributed by atoms with van der Waals surface area (Å²) in [5.74, 6) is -0.119. The molecule has 3 nitrogen and oxygen atoms in total. The molecule has 0 aromatic heterocycles. The maximum absolute atomic E-state index is 10.6. The van der Waals surface area contributed by atoms with Crippen LogP contribution in [0.3, 0.4) is 0 Å². The fourth-order valence-electron chi connectivity index (χ4n) is 0.544. The molecular formula is C7H13NO2. The monoisotopic (exact) mass is 143 g/mol. The van der Waals surface area contributed by atoms with E-state index < -0.39 is 0 Å². The van der Waals surface area contributed by atoms with E-state index in [0.29, 0.717) is 6.42 Å². The highest BCUT2D eigenvalue weighted by molar-refractivity contribution is 5.87. The summed E-state index contributed by atoms with van der Waals surface area (Å²) >= 11 is 0.